The fourth-order valence-corrected chi connectivity index (χ4v) is 1.65. The predicted octanol–water partition coefficient (Wildman–Crippen LogP) is 2.33. The lowest BCUT2D eigenvalue weighted by Gasteiger charge is -1.92. The molecule has 0 unspecified atom stereocenters. The third-order valence-electron chi connectivity index (χ3n) is 2.43. The molecule has 0 aliphatic heterocycles. The van der Waals surface area contributed by atoms with Crippen LogP contribution in [0.25, 0.3) is 22.6 Å². The number of fused-ring (bicyclic) bond motifs is 1. The summed E-state index contributed by atoms with van der Waals surface area (Å²) in [5.74, 6) is 0.829. The van der Waals surface area contributed by atoms with Gasteiger partial charge < -0.3 is 4.98 Å². The summed E-state index contributed by atoms with van der Waals surface area (Å²) in [7, 11) is 0. The van der Waals surface area contributed by atoms with Crippen molar-refractivity contribution in [1.82, 2.24) is 19.9 Å². The molecule has 4 heteroatoms. The molecule has 0 fully saturated rings. The molecular weight excluding hydrogens is 200 g/mol. The maximum atomic E-state index is 4.43. The van der Waals surface area contributed by atoms with E-state index in [4.69, 9.17) is 0 Å². The van der Waals surface area contributed by atoms with Gasteiger partial charge in [-0.25, -0.2) is 9.97 Å². The summed E-state index contributed by atoms with van der Waals surface area (Å²) in [5, 5.41) is 0. The molecule has 0 aliphatic rings. The molecule has 4 nitrogen and oxygen atoms in total. The van der Waals surface area contributed by atoms with Gasteiger partial charge in [0.2, 0.25) is 0 Å². The number of hydrogen-bond donors (Lipinski definition) is 1. The topological polar surface area (TPSA) is 54.5 Å². The first kappa shape index (κ1) is 9.03. The Hall–Kier alpha value is -2.23. The standard InChI is InChI=1S/C12H10N4/c1-8-6-10-12(14-7-8)16-11(15-10)9-2-4-13-5-3-9/h2-7H,1H3,(H,14,15,16). The van der Waals surface area contributed by atoms with E-state index in [0.717, 1.165) is 28.1 Å². The van der Waals surface area contributed by atoms with Crippen LogP contribution in [0, 0.1) is 6.92 Å². The van der Waals surface area contributed by atoms with Gasteiger partial charge >= 0.3 is 0 Å². The average Bonchev–Trinajstić information content (AvgIpc) is 2.73. The fourth-order valence-electron chi connectivity index (χ4n) is 1.65. The van der Waals surface area contributed by atoms with Gasteiger partial charge in [0.05, 0.1) is 5.52 Å². The summed E-state index contributed by atoms with van der Waals surface area (Å²) in [6, 6.07) is 5.88. The van der Waals surface area contributed by atoms with Crippen LogP contribution in [-0.4, -0.2) is 19.9 Å². The third kappa shape index (κ3) is 1.44. The average molecular weight is 210 g/mol. The highest BCUT2D eigenvalue weighted by molar-refractivity contribution is 5.76. The number of hydrogen-bond acceptors (Lipinski definition) is 3. The molecule has 0 radical (unpaired) electrons. The quantitative estimate of drug-likeness (QED) is 0.670. The van der Waals surface area contributed by atoms with E-state index < -0.39 is 0 Å². The van der Waals surface area contributed by atoms with E-state index in [1.807, 2.05) is 31.3 Å². The zero-order valence-corrected chi connectivity index (χ0v) is 8.81. The zero-order chi connectivity index (χ0) is 11.0. The number of pyridine rings is 2. The first-order chi connectivity index (χ1) is 7.83. The highest BCUT2D eigenvalue weighted by Gasteiger charge is 2.05. The van der Waals surface area contributed by atoms with Gasteiger partial charge in [-0.1, -0.05) is 0 Å². The van der Waals surface area contributed by atoms with Gasteiger partial charge in [0.25, 0.3) is 0 Å². The molecule has 0 atom stereocenters. The van der Waals surface area contributed by atoms with Crippen molar-refractivity contribution in [2.75, 3.05) is 0 Å². The Morgan fingerprint density at radius 3 is 2.81 bits per heavy atom. The molecule has 1 N–H and O–H groups in total. The highest BCUT2D eigenvalue weighted by Crippen LogP contribution is 2.18. The molecule has 3 aromatic rings. The van der Waals surface area contributed by atoms with Crippen LogP contribution < -0.4 is 0 Å². The Labute approximate surface area is 92.4 Å². The molecule has 0 bridgehead atoms. The van der Waals surface area contributed by atoms with Crippen LogP contribution in [0.5, 0.6) is 0 Å². The number of aromatic amines is 1. The summed E-state index contributed by atoms with van der Waals surface area (Å²) in [5.41, 5.74) is 3.85. The van der Waals surface area contributed by atoms with Gasteiger partial charge in [-0.3, -0.25) is 4.98 Å². The van der Waals surface area contributed by atoms with E-state index in [2.05, 4.69) is 19.9 Å². The van der Waals surface area contributed by atoms with Crippen LogP contribution in [0.15, 0.2) is 36.8 Å². The Balaban J connectivity index is 2.19. The zero-order valence-electron chi connectivity index (χ0n) is 8.81. The minimum absolute atomic E-state index is 0.748. The summed E-state index contributed by atoms with van der Waals surface area (Å²) in [4.78, 5) is 15.9. The second-order valence-corrected chi connectivity index (χ2v) is 3.71. The van der Waals surface area contributed by atoms with E-state index in [-0.39, 0.29) is 0 Å². The van der Waals surface area contributed by atoms with Crippen molar-refractivity contribution in [3.05, 3.63) is 42.4 Å². The lowest BCUT2D eigenvalue weighted by Crippen LogP contribution is -1.80. The van der Waals surface area contributed by atoms with Gasteiger partial charge in [-0.05, 0) is 30.7 Å². The number of aryl methyl sites for hydroxylation is 1. The summed E-state index contributed by atoms with van der Waals surface area (Å²) in [6.45, 7) is 2.01. The van der Waals surface area contributed by atoms with Gasteiger partial charge in [-0.15, -0.1) is 0 Å². The SMILES string of the molecule is Cc1cnc2nc(-c3ccncc3)[nH]c2c1. The first-order valence-electron chi connectivity index (χ1n) is 5.06. The molecule has 0 aromatic carbocycles. The van der Waals surface area contributed by atoms with Crippen molar-refractivity contribution in [2.24, 2.45) is 0 Å². The monoisotopic (exact) mass is 210 g/mol. The molecule has 0 amide bonds. The predicted molar refractivity (Wildman–Crippen MR) is 61.9 cm³/mol. The summed E-state index contributed by atoms with van der Waals surface area (Å²) < 4.78 is 0. The highest BCUT2D eigenvalue weighted by atomic mass is 15.0. The normalized spacial score (nSPS) is 10.8. The molecule has 0 aliphatic carbocycles. The molecule has 0 saturated heterocycles. The van der Waals surface area contributed by atoms with Crippen molar-refractivity contribution < 1.29 is 0 Å². The van der Waals surface area contributed by atoms with Gasteiger partial charge in [0, 0.05) is 24.2 Å². The van der Waals surface area contributed by atoms with E-state index in [0.29, 0.717) is 0 Å². The third-order valence-corrected chi connectivity index (χ3v) is 2.43. The molecule has 3 aromatic heterocycles. The molecule has 0 spiro atoms. The van der Waals surface area contributed by atoms with Crippen molar-refractivity contribution in [3.63, 3.8) is 0 Å². The van der Waals surface area contributed by atoms with E-state index in [1.165, 1.54) is 0 Å². The van der Waals surface area contributed by atoms with Crippen molar-refractivity contribution >= 4 is 11.2 Å². The Bertz CT molecular complexity index is 628. The second-order valence-electron chi connectivity index (χ2n) is 3.71. The molecule has 0 saturated carbocycles. The fraction of sp³-hybridized carbons (Fsp3) is 0.0833. The van der Waals surface area contributed by atoms with E-state index in [1.54, 1.807) is 12.4 Å². The largest absolute Gasteiger partial charge is 0.337 e. The Morgan fingerprint density at radius 2 is 2.00 bits per heavy atom. The molecule has 78 valence electrons. The van der Waals surface area contributed by atoms with Crippen LogP contribution in [0.4, 0.5) is 0 Å². The van der Waals surface area contributed by atoms with E-state index >= 15 is 0 Å². The number of imidazole rings is 1. The molecule has 3 heterocycles. The number of nitrogens with one attached hydrogen (secondary N) is 1. The second kappa shape index (κ2) is 3.41. The van der Waals surface area contributed by atoms with Crippen LogP contribution >= 0.6 is 0 Å². The van der Waals surface area contributed by atoms with Gasteiger partial charge in [0.15, 0.2) is 5.65 Å². The maximum Gasteiger partial charge on any atom is 0.178 e. The molecule has 3 rings (SSSR count). The Morgan fingerprint density at radius 1 is 1.19 bits per heavy atom. The minimum atomic E-state index is 0.748. The minimum Gasteiger partial charge on any atom is -0.337 e. The Kier molecular flexibility index (Phi) is 1.93. The van der Waals surface area contributed by atoms with Crippen molar-refractivity contribution in [2.45, 2.75) is 6.92 Å². The lowest BCUT2D eigenvalue weighted by atomic mass is 10.2. The van der Waals surface area contributed by atoms with E-state index in [9.17, 15) is 0 Å². The van der Waals surface area contributed by atoms with Crippen LogP contribution in [0.2, 0.25) is 0 Å². The maximum absolute atomic E-state index is 4.43. The van der Waals surface area contributed by atoms with Crippen LogP contribution in [0.3, 0.4) is 0 Å². The smallest absolute Gasteiger partial charge is 0.178 e. The molecule has 16 heavy (non-hydrogen) atoms. The van der Waals surface area contributed by atoms with Crippen LogP contribution in [-0.2, 0) is 0 Å². The molecular formula is C12H10N4. The number of H-pyrrole nitrogens is 1. The lowest BCUT2D eigenvalue weighted by molar-refractivity contribution is 1.27. The van der Waals surface area contributed by atoms with Crippen molar-refractivity contribution in [1.29, 1.82) is 0 Å². The van der Waals surface area contributed by atoms with Gasteiger partial charge in [0.1, 0.15) is 5.82 Å². The van der Waals surface area contributed by atoms with Crippen molar-refractivity contribution in [3.8, 4) is 11.4 Å². The number of aromatic nitrogens is 4. The van der Waals surface area contributed by atoms with Gasteiger partial charge in [-0.2, -0.15) is 0 Å². The number of rotatable bonds is 1. The van der Waals surface area contributed by atoms with Crippen LogP contribution in [0.1, 0.15) is 5.56 Å². The summed E-state index contributed by atoms with van der Waals surface area (Å²) in [6.07, 6.45) is 5.32. The first-order valence-corrected chi connectivity index (χ1v) is 5.06. The number of nitrogens with zero attached hydrogens (tertiary/aromatic N) is 3. The summed E-state index contributed by atoms with van der Waals surface area (Å²) >= 11 is 0.